The van der Waals surface area contributed by atoms with Crippen molar-refractivity contribution in [3.05, 3.63) is 53.7 Å². The van der Waals surface area contributed by atoms with Crippen molar-refractivity contribution in [2.24, 2.45) is 4.99 Å². The lowest BCUT2D eigenvalue weighted by atomic mass is 9.94. The molecule has 28 heavy (non-hydrogen) atoms. The third-order valence-electron chi connectivity index (χ3n) is 5.02. The molecule has 0 radical (unpaired) electrons. The van der Waals surface area contributed by atoms with Crippen molar-refractivity contribution in [2.45, 2.75) is 58.2 Å². The lowest BCUT2D eigenvalue weighted by molar-refractivity contribution is 0.192. The number of nitrogens with one attached hydrogen (secondary N) is 2. The molecule has 0 spiro atoms. The minimum atomic E-state index is -0.0323. The van der Waals surface area contributed by atoms with E-state index >= 15 is 0 Å². The van der Waals surface area contributed by atoms with Crippen molar-refractivity contribution in [3.8, 4) is 0 Å². The average Bonchev–Trinajstić information content (AvgIpc) is 3.16. The minimum absolute atomic E-state index is 0.0323. The second-order valence-corrected chi connectivity index (χ2v) is 8.50. The van der Waals surface area contributed by atoms with Crippen LogP contribution in [0.2, 0.25) is 0 Å². The summed E-state index contributed by atoms with van der Waals surface area (Å²) in [6.45, 7) is 10.0. The van der Waals surface area contributed by atoms with Crippen molar-refractivity contribution in [3.63, 3.8) is 0 Å². The van der Waals surface area contributed by atoms with Gasteiger partial charge in [-0.15, -0.1) is 0 Å². The van der Waals surface area contributed by atoms with E-state index in [2.05, 4.69) is 76.6 Å². The van der Waals surface area contributed by atoms with Crippen LogP contribution >= 0.6 is 0 Å². The fraction of sp³-hybridized carbons (Fsp3) is 0.545. The number of likely N-dealkylation sites (tertiary alicyclic amines) is 1. The van der Waals surface area contributed by atoms with Crippen LogP contribution in [0.15, 0.2) is 45.9 Å². The van der Waals surface area contributed by atoms with Gasteiger partial charge >= 0.3 is 0 Å². The molecule has 0 amide bonds. The van der Waals surface area contributed by atoms with E-state index in [1.54, 1.807) is 7.05 Å². The summed E-state index contributed by atoms with van der Waals surface area (Å²) < 4.78 is 5.85. The zero-order chi connectivity index (χ0) is 20.0. The number of oxazole rings is 1. The van der Waals surface area contributed by atoms with Crippen molar-refractivity contribution >= 4 is 5.96 Å². The molecule has 1 atom stereocenters. The Hall–Kier alpha value is -2.34. The SMILES string of the molecule is CN=C(NCc1ncc(C(C)(C)C)o1)NC1CCCN(Cc2ccccc2)C1. The number of piperidine rings is 1. The fourth-order valence-electron chi connectivity index (χ4n) is 3.44. The highest BCUT2D eigenvalue weighted by molar-refractivity contribution is 5.79. The smallest absolute Gasteiger partial charge is 0.213 e. The maximum absolute atomic E-state index is 5.85. The molecule has 1 unspecified atom stereocenters. The average molecular weight is 384 g/mol. The van der Waals surface area contributed by atoms with Gasteiger partial charge in [0.2, 0.25) is 5.89 Å². The van der Waals surface area contributed by atoms with Crippen LogP contribution in [0.1, 0.15) is 50.8 Å². The third-order valence-corrected chi connectivity index (χ3v) is 5.02. The van der Waals surface area contributed by atoms with E-state index in [1.807, 2.05) is 6.20 Å². The monoisotopic (exact) mass is 383 g/mol. The van der Waals surface area contributed by atoms with Gasteiger partial charge in [0.15, 0.2) is 5.96 Å². The molecular formula is C22H33N5O. The van der Waals surface area contributed by atoms with Gasteiger partial charge < -0.3 is 15.1 Å². The first kappa shape index (κ1) is 20.4. The highest BCUT2D eigenvalue weighted by atomic mass is 16.4. The van der Waals surface area contributed by atoms with Crippen molar-refractivity contribution in [2.75, 3.05) is 20.1 Å². The molecule has 2 aromatic rings. The Labute approximate surface area is 168 Å². The van der Waals surface area contributed by atoms with E-state index in [9.17, 15) is 0 Å². The summed E-state index contributed by atoms with van der Waals surface area (Å²) in [5.41, 5.74) is 1.33. The summed E-state index contributed by atoms with van der Waals surface area (Å²) in [6, 6.07) is 11.1. The molecule has 2 heterocycles. The molecule has 1 aromatic heterocycles. The molecular weight excluding hydrogens is 350 g/mol. The molecule has 0 bridgehead atoms. The predicted octanol–water partition coefficient (Wildman–Crippen LogP) is 3.30. The van der Waals surface area contributed by atoms with Crippen molar-refractivity contribution < 1.29 is 4.42 Å². The summed E-state index contributed by atoms with van der Waals surface area (Å²) in [5.74, 6) is 2.38. The molecule has 1 aliphatic heterocycles. The van der Waals surface area contributed by atoms with E-state index in [1.165, 1.54) is 12.0 Å². The van der Waals surface area contributed by atoms with Crippen molar-refractivity contribution in [1.29, 1.82) is 0 Å². The molecule has 2 N–H and O–H groups in total. The molecule has 1 fully saturated rings. The summed E-state index contributed by atoms with van der Waals surface area (Å²) in [4.78, 5) is 11.3. The number of hydrogen-bond donors (Lipinski definition) is 2. The minimum Gasteiger partial charge on any atom is -0.443 e. The predicted molar refractivity (Wildman–Crippen MR) is 113 cm³/mol. The Morgan fingerprint density at radius 2 is 2.07 bits per heavy atom. The van der Waals surface area contributed by atoms with E-state index in [0.29, 0.717) is 18.5 Å². The number of aromatic nitrogens is 1. The highest BCUT2D eigenvalue weighted by Crippen LogP contribution is 2.22. The van der Waals surface area contributed by atoms with E-state index in [0.717, 1.165) is 37.8 Å². The van der Waals surface area contributed by atoms with Gasteiger partial charge in [0.1, 0.15) is 5.76 Å². The van der Waals surface area contributed by atoms with Crippen molar-refractivity contribution in [1.82, 2.24) is 20.5 Å². The second-order valence-electron chi connectivity index (χ2n) is 8.50. The van der Waals surface area contributed by atoms with Gasteiger partial charge in [-0.1, -0.05) is 51.1 Å². The normalized spacial score (nSPS) is 18.9. The van der Waals surface area contributed by atoms with Crippen LogP contribution in [0.3, 0.4) is 0 Å². The van der Waals surface area contributed by atoms with E-state index in [4.69, 9.17) is 4.42 Å². The first-order chi connectivity index (χ1) is 13.4. The van der Waals surface area contributed by atoms with Crippen LogP contribution < -0.4 is 10.6 Å². The third kappa shape index (κ3) is 5.83. The molecule has 152 valence electrons. The zero-order valence-corrected chi connectivity index (χ0v) is 17.5. The van der Waals surface area contributed by atoms with Gasteiger partial charge in [-0.3, -0.25) is 9.89 Å². The topological polar surface area (TPSA) is 65.7 Å². The lowest BCUT2D eigenvalue weighted by Crippen LogP contribution is -2.50. The first-order valence-corrected chi connectivity index (χ1v) is 10.1. The van der Waals surface area contributed by atoms with Crippen LogP contribution in [0.4, 0.5) is 0 Å². The Morgan fingerprint density at radius 1 is 1.29 bits per heavy atom. The van der Waals surface area contributed by atoms with Gasteiger partial charge in [0, 0.05) is 31.6 Å². The molecule has 0 aliphatic carbocycles. The largest absolute Gasteiger partial charge is 0.443 e. The molecule has 1 aliphatic rings. The molecule has 1 aromatic carbocycles. The second kappa shape index (κ2) is 9.24. The van der Waals surface area contributed by atoms with Crippen LogP contribution in [0.5, 0.6) is 0 Å². The maximum Gasteiger partial charge on any atom is 0.213 e. The summed E-state index contributed by atoms with van der Waals surface area (Å²) in [6.07, 6.45) is 4.16. The summed E-state index contributed by atoms with van der Waals surface area (Å²) >= 11 is 0. The zero-order valence-electron chi connectivity index (χ0n) is 17.5. The standard InChI is InChI=1S/C22H33N5O/c1-22(2,3)19-13-24-20(28-19)14-25-21(23-4)26-18-11-8-12-27(16-18)15-17-9-6-5-7-10-17/h5-7,9-10,13,18H,8,11-12,14-16H2,1-4H3,(H2,23,25,26). The summed E-state index contributed by atoms with van der Waals surface area (Å²) in [7, 11) is 1.80. The Morgan fingerprint density at radius 3 is 2.75 bits per heavy atom. The fourth-order valence-corrected chi connectivity index (χ4v) is 3.44. The molecule has 6 heteroatoms. The lowest BCUT2D eigenvalue weighted by Gasteiger charge is -2.33. The molecule has 1 saturated heterocycles. The number of benzene rings is 1. The number of nitrogens with zero attached hydrogens (tertiary/aromatic N) is 3. The molecule has 6 nitrogen and oxygen atoms in total. The number of aliphatic imine (C=N–C) groups is 1. The van der Waals surface area contributed by atoms with Gasteiger partial charge in [-0.25, -0.2) is 4.98 Å². The number of hydrogen-bond acceptors (Lipinski definition) is 4. The van der Waals surface area contributed by atoms with Crippen LogP contribution in [-0.4, -0.2) is 42.0 Å². The van der Waals surface area contributed by atoms with Gasteiger partial charge in [-0.2, -0.15) is 0 Å². The number of rotatable bonds is 5. The first-order valence-electron chi connectivity index (χ1n) is 10.1. The van der Waals surface area contributed by atoms with Gasteiger partial charge in [-0.05, 0) is 24.9 Å². The quantitative estimate of drug-likeness (QED) is 0.613. The van der Waals surface area contributed by atoms with Crippen LogP contribution in [0.25, 0.3) is 0 Å². The maximum atomic E-state index is 5.85. The van der Waals surface area contributed by atoms with Crippen LogP contribution in [-0.2, 0) is 18.5 Å². The van der Waals surface area contributed by atoms with Gasteiger partial charge in [0.25, 0.3) is 0 Å². The Bertz CT molecular complexity index is 763. The molecule has 3 rings (SSSR count). The van der Waals surface area contributed by atoms with E-state index in [-0.39, 0.29) is 5.41 Å². The van der Waals surface area contributed by atoms with Crippen LogP contribution in [0, 0.1) is 0 Å². The highest BCUT2D eigenvalue weighted by Gasteiger charge is 2.22. The van der Waals surface area contributed by atoms with E-state index < -0.39 is 0 Å². The Balaban J connectivity index is 1.49. The number of guanidine groups is 1. The Kier molecular flexibility index (Phi) is 6.73. The van der Waals surface area contributed by atoms with Gasteiger partial charge in [0.05, 0.1) is 12.7 Å². The summed E-state index contributed by atoms with van der Waals surface area (Å²) in [5, 5.41) is 6.88. The molecule has 0 saturated carbocycles.